The summed E-state index contributed by atoms with van der Waals surface area (Å²) in [5.74, 6) is 0.739. The van der Waals surface area contributed by atoms with E-state index in [2.05, 4.69) is 66.4 Å². The molecule has 0 fully saturated rings. The van der Waals surface area contributed by atoms with Gasteiger partial charge in [-0.2, -0.15) is 0 Å². The van der Waals surface area contributed by atoms with Crippen LogP contribution in [-0.4, -0.2) is 6.54 Å². The molecule has 0 bridgehead atoms. The summed E-state index contributed by atoms with van der Waals surface area (Å²) in [6.45, 7) is 4.52. The first kappa shape index (κ1) is 11.3. The molecule has 0 unspecified atom stereocenters. The summed E-state index contributed by atoms with van der Waals surface area (Å²) in [4.78, 5) is 2.51. The van der Waals surface area contributed by atoms with Gasteiger partial charge in [-0.3, -0.25) is 0 Å². The van der Waals surface area contributed by atoms with Crippen LogP contribution in [0.3, 0.4) is 0 Å². The number of para-hydroxylation sites is 1. The van der Waals surface area contributed by atoms with Crippen LogP contribution < -0.4 is 4.90 Å². The van der Waals surface area contributed by atoms with E-state index in [0.29, 0.717) is 0 Å². The van der Waals surface area contributed by atoms with E-state index in [4.69, 9.17) is 0 Å². The Bertz CT molecular complexity index is 518. The van der Waals surface area contributed by atoms with Crippen molar-refractivity contribution >= 4 is 5.69 Å². The molecule has 0 aromatic heterocycles. The fourth-order valence-corrected chi connectivity index (χ4v) is 2.86. The smallest absolute Gasteiger partial charge is 0.0429 e. The predicted octanol–water partition coefficient (Wildman–Crippen LogP) is 3.89. The lowest BCUT2D eigenvalue weighted by molar-refractivity contribution is 0.530. The molecule has 2 aromatic carbocycles. The number of anilines is 1. The quantitative estimate of drug-likeness (QED) is 0.766. The maximum atomic E-state index is 2.51. The highest BCUT2D eigenvalue weighted by Crippen LogP contribution is 2.30. The zero-order valence-electron chi connectivity index (χ0n) is 10.8. The summed E-state index contributed by atoms with van der Waals surface area (Å²) in [5, 5.41) is 0. The van der Waals surface area contributed by atoms with Gasteiger partial charge in [0.2, 0.25) is 0 Å². The van der Waals surface area contributed by atoms with E-state index >= 15 is 0 Å². The molecular formula is C17H19N. The second kappa shape index (κ2) is 4.85. The van der Waals surface area contributed by atoms with Gasteiger partial charge in [-0.1, -0.05) is 55.5 Å². The lowest BCUT2D eigenvalue weighted by atomic mass is 9.93. The van der Waals surface area contributed by atoms with Crippen LogP contribution in [0.15, 0.2) is 54.6 Å². The van der Waals surface area contributed by atoms with E-state index in [1.54, 1.807) is 0 Å². The Morgan fingerprint density at radius 2 is 1.72 bits per heavy atom. The summed E-state index contributed by atoms with van der Waals surface area (Å²) in [6, 6.07) is 19.6. The minimum absolute atomic E-state index is 0.739. The highest BCUT2D eigenvalue weighted by atomic mass is 15.1. The van der Waals surface area contributed by atoms with E-state index in [1.165, 1.54) is 23.2 Å². The molecule has 0 saturated carbocycles. The van der Waals surface area contributed by atoms with Gasteiger partial charge in [0.1, 0.15) is 0 Å². The van der Waals surface area contributed by atoms with Gasteiger partial charge < -0.3 is 4.90 Å². The average Bonchev–Trinajstić information content (AvgIpc) is 2.40. The minimum Gasteiger partial charge on any atom is -0.367 e. The van der Waals surface area contributed by atoms with Crippen LogP contribution in [0.1, 0.15) is 18.1 Å². The lowest BCUT2D eigenvalue weighted by Crippen LogP contribution is -2.33. The monoisotopic (exact) mass is 237 g/mol. The molecule has 0 aliphatic carbocycles. The third kappa shape index (κ3) is 2.26. The Morgan fingerprint density at radius 3 is 2.56 bits per heavy atom. The third-order valence-corrected chi connectivity index (χ3v) is 3.65. The summed E-state index contributed by atoms with van der Waals surface area (Å²) >= 11 is 0. The molecule has 0 N–H and O–H groups in total. The molecule has 1 atom stereocenters. The van der Waals surface area contributed by atoms with Crippen LogP contribution >= 0.6 is 0 Å². The summed E-state index contributed by atoms with van der Waals surface area (Å²) in [7, 11) is 0. The molecule has 0 amide bonds. The van der Waals surface area contributed by atoms with Crippen LogP contribution in [0.25, 0.3) is 0 Å². The molecule has 92 valence electrons. The average molecular weight is 237 g/mol. The van der Waals surface area contributed by atoms with Gasteiger partial charge in [0.15, 0.2) is 0 Å². The Hall–Kier alpha value is -1.76. The van der Waals surface area contributed by atoms with Crippen molar-refractivity contribution in [1.29, 1.82) is 0 Å². The van der Waals surface area contributed by atoms with Crippen LogP contribution in [0.4, 0.5) is 5.69 Å². The second-order valence-corrected chi connectivity index (χ2v) is 5.30. The fourth-order valence-electron chi connectivity index (χ4n) is 2.86. The highest BCUT2D eigenvalue weighted by Gasteiger charge is 2.20. The normalized spacial score (nSPS) is 18.5. The maximum Gasteiger partial charge on any atom is 0.0429 e. The highest BCUT2D eigenvalue weighted by molar-refractivity contribution is 5.56. The first-order chi connectivity index (χ1) is 8.83. The Balaban J connectivity index is 1.89. The zero-order chi connectivity index (χ0) is 12.4. The van der Waals surface area contributed by atoms with E-state index in [-0.39, 0.29) is 0 Å². The maximum absolute atomic E-state index is 2.51. The van der Waals surface area contributed by atoms with Gasteiger partial charge in [-0.15, -0.1) is 0 Å². The number of nitrogens with zero attached hydrogens (tertiary/aromatic N) is 1. The van der Waals surface area contributed by atoms with Crippen LogP contribution in [-0.2, 0) is 13.0 Å². The zero-order valence-corrected chi connectivity index (χ0v) is 10.8. The number of hydrogen-bond acceptors (Lipinski definition) is 1. The molecule has 1 aliphatic heterocycles. The van der Waals surface area contributed by atoms with Crippen LogP contribution in [0, 0.1) is 5.92 Å². The fraction of sp³-hybridized carbons (Fsp3) is 0.294. The van der Waals surface area contributed by atoms with Gasteiger partial charge >= 0.3 is 0 Å². The molecule has 0 radical (unpaired) electrons. The van der Waals surface area contributed by atoms with Gasteiger partial charge in [0, 0.05) is 18.8 Å². The first-order valence-corrected chi connectivity index (χ1v) is 6.70. The van der Waals surface area contributed by atoms with Crippen molar-refractivity contribution in [2.45, 2.75) is 19.9 Å². The molecule has 3 rings (SSSR count). The van der Waals surface area contributed by atoms with Crippen molar-refractivity contribution in [3.63, 3.8) is 0 Å². The van der Waals surface area contributed by atoms with Crippen molar-refractivity contribution in [3.05, 3.63) is 65.7 Å². The van der Waals surface area contributed by atoms with Gasteiger partial charge in [0.25, 0.3) is 0 Å². The summed E-state index contributed by atoms with van der Waals surface area (Å²) in [6.07, 6.45) is 1.21. The Kier molecular flexibility index (Phi) is 3.06. The van der Waals surface area contributed by atoms with E-state index < -0.39 is 0 Å². The third-order valence-electron chi connectivity index (χ3n) is 3.65. The molecular weight excluding hydrogens is 218 g/mol. The minimum atomic E-state index is 0.739. The summed E-state index contributed by atoms with van der Waals surface area (Å²) in [5.41, 5.74) is 4.30. The standard InChI is InChI=1S/C17H19N/c1-14-11-16-9-5-6-10-17(16)18(12-14)13-15-7-3-2-4-8-15/h2-10,14H,11-13H2,1H3/t14-/m0/s1. The van der Waals surface area contributed by atoms with Crippen molar-refractivity contribution in [1.82, 2.24) is 0 Å². The van der Waals surface area contributed by atoms with Gasteiger partial charge in [0.05, 0.1) is 0 Å². The first-order valence-electron chi connectivity index (χ1n) is 6.70. The van der Waals surface area contributed by atoms with E-state index in [0.717, 1.165) is 19.0 Å². The van der Waals surface area contributed by atoms with Gasteiger partial charge in [-0.05, 0) is 29.5 Å². The van der Waals surface area contributed by atoms with Crippen molar-refractivity contribution in [3.8, 4) is 0 Å². The SMILES string of the molecule is C[C@H]1Cc2ccccc2N(Cc2ccccc2)C1. The van der Waals surface area contributed by atoms with Crippen molar-refractivity contribution in [2.24, 2.45) is 5.92 Å². The Labute approximate surface area is 109 Å². The van der Waals surface area contributed by atoms with Crippen molar-refractivity contribution in [2.75, 3.05) is 11.4 Å². The lowest BCUT2D eigenvalue weighted by Gasteiger charge is -2.35. The van der Waals surface area contributed by atoms with E-state index in [1.807, 2.05) is 0 Å². The second-order valence-electron chi connectivity index (χ2n) is 5.30. The number of hydrogen-bond donors (Lipinski definition) is 0. The molecule has 18 heavy (non-hydrogen) atoms. The summed E-state index contributed by atoms with van der Waals surface area (Å²) < 4.78 is 0. The number of benzene rings is 2. The topological polar surface area (TPSA) is 3.24 Å². The van der Waals surface area contributed by atoms with Crippen LogP contribution in [0.5, 0.6) is 0 Å². The van der Waals surface area contributed by atoms with E-state index in [9.17, 15) is 0 Å². The molecule has 1 heteroatoms. The number of rotatable bonds is 2. The molecule has 1 heterocycles. The molecule has 2 aromatic rings. The molecule has 1 aliphatic rings. The van der Waals surface area contributed by atoms with Crippen molar-refractivity contribution < 1.29 is 0 Å². The predicted molar refractivity (Wildman–Crippen MR) is 76.8 cm³/mol. The molecule has 0 saturated heterocycles. The largest absolute Gasteiger partial charge is 0.367 e. The molecule has 1 nitrogen and oxygen atoms in total. The Morgan fingerprint density at radius 1 is 1.00 bits per heavy atom. The molecule has 0 spiro atoms. The number of fused-ring (bicyclic) bond motifs is 1. The van der Waals surface area contributed by atoms with Gasteiger partial charge in [-0.25, -0.2) is 0 Å². The van der Waals surface area contributed by atoms with Crippen LogP contribution in [0.2, 0.25) is 0 Å².